The van der Waals surface area contributed by atoms with Gasteiger partial charge in [-0.2, -0.15) is 0 Å². The predicted octanol–water partition coefficient (Wildman–Crippen LogP) is 4.93. The van der Waals surface area contributed by atoms with Crippen molar-refractivity contribution in [2.45, 2.75) is 37.0 Å². The first-order valence-corrected chi connectivity index (χ1v) is 9.92. The molecule has 6 heteroatoms. The molecule has 1 aliphatic rings. The number of carbonyl (C=O) groups is 1. The van der Waals surface area contributed by atoms with Crippen LogP contribution in [0.4, 0.5) is 0 Å². The van der Waals surface area contributed by atoms with Crippen LogP contribution in [-0.4, -0.2) is 24.4 Å². The first-order chi connectivity index (χ1) is 12.5. The van der Waals surface area contributed by atoms with Gasteiger partial charge in [0.1, 0.15) is 0 Å². The Hall–Kier alpha value is -1.85. The van der Waals surface area contributed by atoms with Crippen molar-refractivity contribution in [3.63, 3.8) is 0 Å². The number of hydrogen-bond acceptors (Lipinski definition) is 4. The number of nitrogens with one attached hydrogen (secondary N) is 1. The fraction of sp³-hybridized carbons (Fsp3) is 0.350. The van der Waals surface area contributed by atoms with E-state index in [1.165, 1.54) is 0 Å². The summed E-state index contributed by atoms with van der Waals surface area (Å²) in [4.78, 5) is 13.6. The third kappa shape index (κ3) is 4.65. The highest BCUT2D eigenvalue weighted by molar-refractivity contribution is 8.00. The maximum atomic E-state index is 12.6. The normalized spacial score (nSPS) is 13.4. The average molecular weight is 392 g/mol. The van der Waals surface area contributed by atoms with Gasteiger partial charge >= 0.3 is 0 Å². The molecule has 4 nitrogen and oxygen atoms in total. The Kier molecular flexibility index (Phi) is 6.33. The van der Waals surface area contributed by atoms with Crippen molar-refractivity contribution in [3.05, 3.63) is 52.5 Å². The van der Waals surface area contributed by atoms with Crippen LogP contribution in [0.15, 0.2) is 41.3 Å². The van der Waals surface area contributed by atoms with Crippen LogP contribution in [-0.2, 0) is 6.54 Å². The molecule has 1 aliphatic heterocycles. The lowest BCUT2D eigenvalue weighted by Crippen LogP contribution is -2.23. The number of fused-ring (bicyclic) bond motifs is 1. The number of benzene rings is 2. The zero-order valence-electron chi connectivity index (χ0n) is 14.9. The van der Waals surface area contributed by atoms with Gasteiger partial charge in [0.25, 0.3) is 5.91 Å². The first-order valence-electron chi connectivity index (χ1n) is 8.66. The minimum atomic E-state index is -0.100. The minimum Gasteiger partial charge on any atom is -0.489 e. The number of halogens is 1. The third-order valence-electron chi connectivity index (χ3n) is 3.81. The van der Waals surface area contributed by atoms with Crippen LogP contribution in [0.3, 0.4) is 0 Å². The van der Waals surface area contributed by atoms with Crippen LogP contribution >= 0.6 is 23.4 Å². The molecular formula is C20H22ClNO3S. The second-order valence-electron chi connectivity index (χ2n) is 6.30. The van der Waals surface area contributed by atoms with Crippen molar-refractivity contribution in [3.8, 4) is 11.5 Å². The van der Waals surface area contributed by atoms with E-state index in [4.69, 9.17) is 21.1 Å². The molecule has 2 aromatic carbocycles. The van der Waals surface area contributed by atoms with E-state index < -0.39 is 0 Å². The average Bonchev–Trinajstić information content (AvgIpc) is 2.85. The molecule has 0 bridgehead atoms. The third-order valence-corrected chi connectivity index (χ3v) is 5.17. The van der Waals surface area contributed by atoms with Crippen molar-refractivity contribution in [2.24, 2.45) is 0 Å². The zero-order valence-corrected chi connectivity index (χ0v) is 16.5. The van der Waals surface area contributed by atoms with Gasteiger partial charge < -0.3 is 14.8 Å². The van der Waals surface area contributed by atoms with E-state index in [2.05, 4.69) is 19.2 Å². The van der Waals surface area contributed by atoms with Gasteiger partial charge in [-0.25, -0.2) is 0 Å². The van der Waals surface area contributed by atoms with Gasteiger partial charge in [0.15, 0.2) is 11.5 Å². The first kappa shape index (κ1) is 18.9. The van der Waals surface area contributed by atoms with Gasteiger partial charge in [0.2, 0.25) is 0 Å². The quantitative estimate of drug-likeness (QED) is 0.734. The van der Waals surface area contributed by atoms with Crippen LogP contribution < -0.4 is 14.8 Å². The van der Waals surface area contributed by atoms with E-state index in [1.807, 2.05) is 36.4 Å². The van der Waals surface area contributed by atoms with E-state index in [-0.39, 0.29) is 5.91 Å². The van der Waals surface area contributed by atoms with Crippen LogP contribution in [0, 0.1) is 0 Å². The van der Waals surface area contributed by atoms with Crippen molar-refractivity contribution in [1.82, 2.24) is 5.32 Å². The fourth-order valence-corrected chi connectivity index (χ4v) is 3.92. The molecule has 1 heterocycles. The molecule has 3 rings (SSSR count). The highest BCUT2D eigenvalue weighted by Gasteiger charge is 2.17. The Bertz CT molecular complexity index is 795. The second-order valence-corrected chi connectivity index (χ2v) is 8.33. The van der Waals surface area contributed by atoms with Gasteiger partial charge in [-0.1, -0.05) is 37.6 Å². The summed E-state index contributed by atoms with van der Waals surface area (Å²) in [5, 5.41) is 3.88. The van der Waals surface area contributed by atoms with Crippen molar-refractivity contribution in [2.75, 3.05) is 13.2 Å². The summed E-state index contributed by atoms with van der Waals surface area (Å²) in [5.74, 6) is 1.12. The summed E-state index contributed by atoms with van der Waals surface area (Å²) >= 11 is 7.99. The molecule has 0 atom stereocenters. The van der Waals surface area contributed by atoms with E-state index in [0.717, 1.165) is 16.9 Å². The lowest BCUT2D eigenvalue weighted by molar-refractivity contribution is 0.0948. The van der Waals surface area contributed by atoms with Gasteiger partial charge in [0.05, 0.1) is 23.8 Å². The molecule has 0 radical (unpaired) electrons. The number of rotatable bonds is 5. The zero-order chi connectivity index (χ0) is 18.5. The molecule has 2 aromatic rings. The molecule has 0 saturated carbocycles. The summed E-state index contributed by atoms with van der Waals surface area (Å²) in [6, 6.07) is 11.3. The summed E-state index contributed by atoms with van der Waals surface area (Å²) in [7, 11) is 0. The summed E-state index contributed by atoms with van der Waals surface area (Å²) in [6.07, 6.45) is 0.821. The SMILES string of the molecule is CC(C)Sc1ccccc1C(=O)NCc1cc(Cl)c2c(c1)OCCCO2. The monoisotopic (exact) mass is 391 g/mol. The van der Waals surface area contributed by atoms with Gasteiger partial charge in [0, 0.05) is 23.1 Å². The van der Waals surface area contributed by atoms with Gasteiger partial charge in [-0.15, -0.1) is 11.8 Å². The second kappa shape index (κ2) is 8.69. The molecule has 1 amide bonds. The number of amides is 1. The molecule has 1 N–H and O–H groups in total. The Labute approximate surface area is 163 Å². The molecule has 138 valence electrons. The number of thioether (sulfide) groups is 1. The number of hydrogen-bond donors (Lipinski definition) is 1. The van der Waals surface area contributed by atoms with Crippen LogP contribution in [0.5, 0.6) is 11.5 Å². The minimum absolute atomic E-state index is 0.100. The molecule has 26 heavy (non-hydrogen) atoms. The highest BCUT2D eigenvalue weighted by atomic mass is 35.5. The Morgan fingerprint density at radius 2 is 2.00 bits per heavy atom. The molecule has 0 spiro atoms. The smallest absolute Gasteiger partial charge is 0.252 e. The van der Waals surface area contributed by atoms with Crippen LogP contribution in [0.25, 0.3) is 0 Å². The highest BCUT2D eigenvalue weighted by Crippen LogP contribution is 2.38. The Morgan fingerprint density at radius 1 is 1.23 bits per heavy atom. The molecule has 0 unspecified atom stereocenters. The molecule has 0 saturated heterocycles. The lowest BCUT2D eigenvalue weighted by atomic mass is 10.1. The van der Waals surface area contributed by atoms with Crippen molar-refractivity contribution < 1.29 is 14.3 Å². The van der Waals surface area contributed by atoms with Gasteiger partial charge in [-0.05, 0) is 29.8 Å². The maximum Gasteiger partial charge on any atom is 0.252 e. The number of ether oxygens (including phenoxy) is 2. The molecular weight excluding hydrogens is 370 g/mol. The van der Waals surface area contributed by atoms with E-state index in [9.17, 15) is 4.79 Å². The summed E-state index contributed by atoms with van der Waals surface area (Å²) < 4.78 is 11.3. The predicted molar refractivity (Wildman–Crippen MR) is 106 cm³/mol. The van der Waals surface area contributed by atoms with E-state index in [1.54, 1.807) is 11.8 Å². The maximum absolute atomic E-state index is 12.6. The molecule has 0 aliphatic carbocycles. The Balaban J connectivity index is 1.72. The number of carbonyl (C=O) groups excluding carboxylic acids is 1. The molecule has 0 aromatic heterocycles. The summed E-state index contributed by atoms with van der Waals surface area (Å²) in [5.41, 5.74) is 1.56. The van der Waals surface area contributed by atoms with E-state index >= 15 is 0 Å². The largest absolute Gasteiger partial charge is 0.489 e. The van der Waals surface area contributed by atoms with E-state index in [0.29, 0.717) is 47.1 Å². The van der Waals surface area contributed by atoms with Gasteiger partial charge in [-0.3, -0.25) is 4.79 Å². The topological polar surface area (TPSA) is 47.6 Å². The fourth-order valence-electron chi connectivity index (χ4n) is 2.67. The Morgan fingerprint density at radius 3 is 2.81 bits per heavy atom. The van der Waals surface area contributed by atoms with Crippen molar-refractivity contribution in [1.29, 1.82) is 0 Å². The molecule has 0 fully saturated rings. The van der Waals surface area contributed by atoms with Crippen LogP contribution in [0.1, 0.15) is 36.2 Å². The van der Waals surface area contributed by atoms with Crippen molar-refractivity contribution >= 4 is 29.3 Å². The lowest BCUT2D eigenvalue weighted by Gasteiger charge is -2.13. The summed E-state index contributed by atoms with van der Waals surface area (Å²) in [6.45, 7) is 5.78. The van der Waals surface area contributed by atoms with Crippen LogP contribution in [0.2, 0.25) is 5.02 Å². The standard InChI is InChI=1S/C20H22ClNO3S/c1-13(2)26-18-7-4-3-6-15(18)20(23)22-12-14-10-16(21)19-17(11-14)24-8-5-9-25-19/h3-4,6-7,10-11,13H,5,8-9,12H2,1-2H3,(H,22,23).